The molecule has 1 aromatic carbocycles. The van der Waals surface area contributed by atoms with Crippen LogP contribution >= 0.6 is 21.6 Å². The number of unbranched alkanes of at least 4 members (excludes halogenated alkanes) is 2. The minimum absolute atomic E-state index is 0.0946. The fraction of sp³-hybridized carbons (Fsp3) is 0.520. The molecule has 2 rings (SSSR count). The van der Waals surface area contributed by atoms with Crippen molar-refractivity contribution in [1.82, 2.24) is 10.6 Å². The molecule has 0 unspecified atom stereocenters. The van der Waals surface area contributed by atoms with E-state index in [1.807, 2.05) is 36.4 Å². The van der Waals surface area contributed by atoms with Crippen LogP contribution in [0.1, 0.15) is 44.1 Å². The summed E-state index contributed by atoms with van der Waals surface area (Å²) >= 11 is 0. The normalized spacial score (nSPS) is 23.2. The van der Waals surface area contributed by atoms with E-state index >= 15 is 0 Å². The van der Waals surface area contributed by atoms with E-state index in [4.69, 9.17) is 10.5 Å². The van der Waals surface area contributed by atoms with Gasteiger partial charge in [-0.3, -0.25) is 14.4 Å². The van der Waals surface area contributed by atoms with E-state index in [2.05, 4.69) is 10.6 Å². The highest BCUT2D eigenvalue weighted by molar-refractivity contribution is 8.76. The molecule has 0 radical (unpaired) electrons. The first kappa shape index (κ1) is 28.9. The van der Waals surface area contributed by atoms with Crippen LogP contribution in [0, 0.1) is 0 Å². The van der Waals surface area contributed by atoms with E-state index in [1.165, 1.54) is 10.8 Å². The Bertz CT molecular complexity index is 838. The van der Waals surface area contributed by atoms with Gasteiger partial charge in [-0.25, -0.2) is 0 Å². The maximum atomic E-state index is 13.0. The van der Waals surface area contributed by atoms with Crippen molar-refractivity contribution in [3.05, 3.63) is 48.0 Å². The van der Waals surface area contributed by atoms with Gasteiger partial charge in [-0.15, -0.1) is 0 Å². The van der Waals surface area contributed by atoms with Crippen molar-refractivity contribution in [2.75, 3.05) is 18.1 Å². The number of aldehydes is 1. The molecule has 10 heteroatoms. The molecule has 0 aliphatic carbocycles. The highest BCUT2D eigenvalue weighted by Gasteiger charge is 2.25. The molecule has 1 heterocycles. The number of nitrogens with one attached hydrogen (secondary N) is 2. The first-order valence-corrected chi connectivity index (χ1v) is 14.4. The quantitative estimate of drug-likeness (QED) is 0.149. The lowest BCUT2D eigenvalue weighted by Gasteiger charge is -2.22. The summed E-state index contributed by atoms with van der Waals surface area (Å²) in [5.74, 6) is 0.0138. The van der Waals surface area contributed by atoms with E-state index in [9.17, 15) is 19.2 Å². The summed E-state index contributed by atoms with van der Waals surface area (Å²) in [5, 5.41) is 5.51. The van der Waals surface area contributed by atoms with Crippen LogP contribution in [0.4, 0.5) is 0 Å². The number of nitrogens with two attached hydrogens (primary N) is 1. The Hall–Kier alpha value is -2.30. The van der Waals surface area contributed by atoms with Crippen LogP contribution in [-0.2, 0) is 30.3 Å². The lowest BCUT2D eigenvalue weighted by molar-refractivity contribution is -0.148. The molecule has 192 valence electrons. The number of benzene rings is 1. The molecule has 35 heavy (non-hydrogen) atoms. The summed E-state index contributed by atoms with van der Waals surface area (Å²) in [4.78, 5) is 49.7. The number of amides is 2. The van der Waals surface area contributed by atoms with Crippen molar-refractivity contribution in [2.45, 2.75) is 63.1 Å². The third-order valence-corrected chi connectivity index (χ3v) is 7.70. The smallest absolute Gasteiger partial charge is 0.306 e. The zero-order valence-electron chi connectivity index (χ0n) is 19.9. The van der Waals surface area contributed by atoms with Gasteiger partial charge in [-0.1, -0.05) is 64.4 Å². The van der Waals surface area contributed by atoms with Gasteiger partial charge in [-0.2, -0.15) is 0 Å². The van der Waals surface area contributed by atoms with E-state index in [0.29, 0.717) is 25.0 Å². The van der Waals surface area contributed by atoms with Crippen LogP contribution in [-0.4, -0.2) is 60.3 Å². The standard InChI is InChI=1S/C25H35N3O5S2/c26-13-7-2-5-12-24(31)33-21-11-6-8-14-34-35-18-20(17-29)27-25(32)22(28-23(30)16-21)15-19-9-3-1-4-10-19/h1,3-4,6,9-11,17,20-22H,2,5,7-8,12-16,18,26H2,(H,27,32)(H,28,30)/b11-6+/t20-,21-,22+/m0/s1. The summed E-state index contributed by atoms with van der Waals surface area (Å²) in [6, 6.07) is 7.81. The Morgan fingerprint density at radius 3 is 2.66 bits per heavy atom. The lowest BCUT2D eigenvalue weighted by atomic mass is 10.0. The number of allylic oxidation sites excluding steroid dienone is 1. The molecule has 8 nitrogen and oxygen atoms in total. The second-order valence-electron chi connectivity index (χ2n) is 8.22. The first-order valence-electron chi connectivity index (χ1n) is 11.9. The molecule has 0 fully saturated rings. The van der Waals surface area contributed by atoms with Gasteiger partial charge >= 0.3 is 5.97 Å². The molecule has 1 aliphatic rings. The van der Waals surface area contributed by atoms with E-state index < -0.39 is 30.0 Å². The summed E-state index contributed by atoms with van der Waals surface area (Å²) in [5.41, 5.74) is 6.36. The van der Waals surface area contributed by atoms with Gasteiger partial charge in [0, 0.05) is 24.3 Å². The van der Waals surface area contributed by atoms with Crippen LogP contribution in [0.5, 0.6) is 0 Å². The molecule has 3 atom stereocenters. The monoisotopic (exact) mass is 521 g/mol. The Morgan fingerprint density at radius 2 is 1.91 bits per heavy atom. The van der Waals surface area contributed by atoms with Crippen molar-refractivity contribution in [3.63, 3.8) is 0 Å². The number of hydrogen-bond donors (Lipinski definition) is 3. The SMILES string of the molecule is NCCCCCC(=O)O[C@H]1/C=C/CCSSC[C@H](C=O)NC(=O)[C@@H](Cc2ccccc2)NC(=O)C1. The van der Waals surface area contributed by atoms with Crippen molar-refractivity contribution in [2.24, 2.45) is 5.73 Å². The van der Waals surface area contributed by atoms with Crippen molar-refractivity contribution < 1.29 is 23.9 Å². The largest absolute Gasteiger partial charge is 0.458 e. The third kappa shape index (κ3) is 12.3. The molecule has 4 N–H and O–H groups in total. The average Bonchev–Trinajstić information content (AvgIpc) is 2.85. The van der Waals surface area contributed by atoms with E-state index in [-0.39, 0.29) is 25.2 Å². The second-order valence-corrected chi connectivity index (χ2v) is 10.8. The number of carbonyl (C=O) groups excluding carboxylic acids is 4. The zero-order chi connectivity index (χ0) is 25.3. The van der Waals surface area contributed by atoms with Crippen molar-refractivity contribution in [1.29, 1.82) is 0 Å². The molecule has 0 saturated heterocycles. The van der Waals surface area contributed by atoms with Crippen LogP contribution in [0.25, 0.3) is 0 Å². The van der Waals surface area contributed by atoms with Gasteiger partial charge in [0.2, 0.25) is 11.8 Å². The molecule has 0 bridgehead atoms. The Kier molecular flexibility index (Phi) is 14.2. The minimum atomic E-state index is -0.869. The van der Waals surface area contributed by atoms with Crippen molar-refractivity contribution >= 4 is 45.7 Å². The number of carbonyl (C=O) groups is 4. The summed E-state index contributed by atoms with van der Waals surface area (Å²) in [6.07, 6.45) is 7.18. The summed E-state index contributed by atoms with van der Waals surface area (Å²) < 4.78 is 5.56. The van der Waals surface area contributed by atoms with Gasteiger partial charge in [0.15, 0.2) is 0 Å². The topological polar surface area (TPSA) is 128 Å². The maximum Gasteiger partial charge on any atom is 0.306 e. The van der Waals surface area contributed by atoms with Gasteiger partial charge in [0.05, 0.1) is 12.5 Å². The fourth-order valence-electron chi connectivity index (χ4n) is 3.41. The van der Waals surface area contributed by atoms with Gasteiger partial charge in [-0.05, 0) is 37.4 Å². The van der Waals surface area contributed by atoms with Crippen LogP contribution < -0.4 is 16.4 Å². The lowest BCUT2D eigenvalue weighted by Crippen LogP contribution is -2.52. The number of esters is 1. The number of rotatable bonds is 9. The Morgan fingerprint density at radius 1 is 1.11 bits per heavy atom. The Labute approximate surface area is 215 Å². The first-order chi connectivity index (χ1) is 17.0. The molecule has 1 aliphatic heterocycles. The molecule has 0 aromatic heterocycles. The molecule has 0 saturated carbocycles. The maximum absolute atomic E-state index is 13.0. The predicted molar refractivity (Wildman–Crippen MR) is 141 cm³/mol. The van der Waals surface area contributed by atoms with Crippen LogP contribution in [0.2, 0.25) is 0 Å². The van der Waals surface area contributed by atoms with Crippen LogP contribution in [0.3, 0.4) is 0 Å². The Balaban J connectivity index is 2.11. The highest BCUT2D eigenvalue weighted by Crippen LogP contribution is 2.23. The molecular formula is C25H35N3O5S2. The fourth-order valence-corrected chi connectivity index (χ4v) is 5.53. The molecule has 2 amide bonds. The second kappa shape index (κ2) is 17.2. The number of hydrogen-bond acceptors (Lipinski definition) is 8. The average molecular weight is 522 g/mol. The van der Waals surface area contributed by atoms with Crippen molar-refractivity contribution in [3.8, 4) is 0 Å². The zero-order valence-corrected chi connectivity index (χ0v) is 21.5. The van der Waals surface area contributed by atoms with E-state index in [0.717, 1.165) is 30.6 Å². The molecular weight excluding hydrogens is 486 g/mol. The highest BCUT2D eigenvalue weighted by atomic mass is 33.1. The van der Waals surface area contributed by atoms with Gasteiger partial charge < -0.3 is 25.9 Å². The summed E-state index contributed by atoms with van der Waals surface area (Å²) in [7, 11) is 3.10. The minimum Gasteiger partial charge on any atom is -0.458 e. The summed E-state index contributed by atoms with van der Waals surface area (Å²) in [6.45, 7) is 0.586. The van der Waals surface area contributed by atoms with Crippen LogP contribution in [0.15, 0.2) is 42.5 Å². The molecule has 1 aromatic rings. The van der Waals surface area contributed by atoms with Gasteiger partial charge in [0.1, 0.15) is 18.4 Å². The number of ether oxygens (including phenoxy) is 1. The predicted octanol–water partition coefficient (Wildman–Crippen LogP) is 2.56. The van der Waals surface area contributed by atoms with Gasteiger partial charge in [0.25, 0.3) is 0 Å². The molecule has 0 spiro atoms. The van der Waals surface area contributed by atoms with E-state index in [1.54, 1.807) is 16.9 Å². The third-order valence-electron chi connectivity index (χ3n) is 5.23.